The van der Waals surface area contributed by atoms with E-state index in [1.807, 2.05) is 47.4 Å². The molecule has 0 aliphatic carbocycles. The molecule has 35 heavy (non-hydrogen) atoms. The van der Waals surface area contributed by atoms with E-state index in [9.17, 15) is 4.79 Å². The standard InChI is InChI=1S/C30H31N3O2/c1-21-10-14-24(15-11-21)31-29-30(35-20-26-9-6-18-32(26)29)19-27(23-7-4-3-5-8-23)28(34)33(30)25-16-12-22(2)13-17-25/h3-5,7-8,10-17,26-27H,6,9,18-20H2,1-2H3/t26-,27?,30?/m0/s1. The maximum Gasteiger partial charge on any atom is 0.237 e. The third-order valence-electron chi connectivity index (χ3n) is 7.64. The van der Waals surface area contributed by atoms with Crippen LogP contribution in [0.3, 0.4) is 0 Å². The van der Waals surface area contributed by atoms with E-state index in [0.717, 1.165) is 47.7 Å². The molecule has 2 unspecified atom stereocenters. The lowest BCUT2D eigenvalue weighted by molar-refractivity contribution is -0.120. The SMILES string of the molecule is Cc1ccc(N=C2N3CCC[C@H]3COC23CC(c2ccccc2)C(=O)N3c2ccc(C)cc2)cc1. The van der Waals surface area contributed by atoms with Crippen molar-refractivity contribution >= 4 is 23.1 Å². The maximum absolute atomic E-state index is 14.2. The number of ether oxygens (including phenoxy) is 1. The van der Waals surface area contributed by atoms with Gasteiger partial charge in [-0.25, -0.2) is 4.99 Å². The summed E-state index contributed by atoms with van der Waals surface area (Å²) in [6.45, 7) is 5.68. The average molecular weight is 466 g/mol. The monoisotopic (exact) mass is 465 g/mol. The van der Waals surface area contributed by atoms with E-state index in [4.69, 9.17) is 9.73 Å². The second-order valence-electron chi connectivity index (χ2n) is 10.0. The van der Waals surface area contributed by atoms with Gasteiger partial charge < -0.3 is 9.64 Å². The third kappa shape index (κ3) is 3.75. The summed E-state index contributed by atoms with van der Waals surface area (Å²) in [6, 6.07) is 26.9. The van der Waals surface area contributed by atoms with Crippen molar-refractivity contribution in [2.75, 3.05) is 18.1 Å². The number of amides is 1. The van der Waals surface area contributed by atoms with Gasteiger partial charge in [0.1, 0.15) is 0 Å². The van der Waals surface area contributed by atoms with Crippen LogP contribution >= 0.6 is 0 Å². The summed E-state index contributed by atoms with van der Waals surface area (Å²) in [5.41, 5.74) is 4.18. The summed E-state index contributed by atoms with van der Waals surface area (Å²) >= 11 is 0. The Labute approximate surface area is 207 Å². The van der Waals surface area contributed by atoms with Gasteiger partial charge in [0.2, 0.25) is 11.6 Å². The molecule has 1 amide bonds. The lowest BCUT2D eigenvalue weighted by Crippen LogP contribution is -2.65. The summed E-state index contributed by atoms with van der Waals surface area (Å²) in [6.07, 6.45) is 2.73. The van der Waals surface area contributed by atoms with Crippen LogP contribution in [0.2, 0.25) is 0 Å². The number of hydrogen-bond donors (Lipinski definition) is 0. The molecular weight excluding hydrogens is 434 g/mol. The summed E-state index contributed by atoms with van der Waals surface area (Å²) in [5, 5.41) is 0. The Morgan fingerprint density at radius 3 is 2.31 bits per heavy atom. The van der Waals surface area contributed by atoms with E-state index in [1.54, 1.807) is 0 Å². The van der Waals surface area contributed by atoms with Crippen LogP contribution in [0.15, 0.2) is 83.9 Å². The number of aliphatic imine (C=N–C) groups is 1. The molecule has 5 nitrogen and oxygen atoms in total. The smallest absolute Gasteiger partial charge is 0.237 e. The summed E-state index contributed by atoms with van der Waals surface area (Å²) in [5.74, 6) is 0.636. The Balaban J connectivity index is 1.54. The minimum absolute atomic E-state index is 0.0642. The molecule has 0 aromatic heterocycles. The van der Waals surface area contributed by atoms with Gasteiger partial charge in [0.25, 0.3) is 0 Å². The van der Waals surface area contributed by atoms with E-state index in [-0.39, 0.29) is 11.8 Å². The topological polar surface area (TPSA) is 45.1 Å². The van der Waals surface area contributed by atoms with E-state index < -0.39 is 5.72 Å². The quantitative estimate of drug-likeness (QED) is 0.495. The molecule has 0 saturated carbocycles. The molecule has 0 bridgehead atoms. The first-order valence-corrected chi connectivity index (χ1v) is 12.6. The number of nitrogens with zero attached hydrogens (tertiary/aromatic N) is 3. The number of hydrogen-bond acceptors (Lipinski definition) is 3. The molecule has 6 rings (SSSR count). The zero-order valence-corrected chi connectivity index (χ0v) is 20.4. The fourth-order valence-corrected chi connectivity index (χ4v) is 5.78. The van der Waals surface area contributed by atoms with Crippen LogP contribution in [0.1, 0.15) is 41.9 Å². The molecule has 5 heteroatoms. The van der Waals surface area contributed by atoms with E-state index in [2.05, 4.69) is 55.1 Å². The Kier molecular flexibility index (Phi) is 5.45. The van der Waals surface area contributed by atoms with Crippen LogP contribution in [0.4, 0.5) is 11.4 Å². The number of aryl methyl sites for hydroxylation is 2. The first-order valence-electron chi connectivity index (χ1n) is 12.6. The van der Waals surface area contributed by atoms with Gasteiger partial charge in [-0.2, -0.15) is 0 Å². The number of fused-ring (bicyclic) bond motifs is 1. The van der Waals surface area contributed by atoms with Crippen LogP contribution in [0.25, 0.3) is 0 Å². The van der Waals surface area contributed by atoms with Crippen molar-refractivity contribution in [3.05, 3.63) is 95.6 Å². The first-order chi connectivity index (χ1) is 17.0. The summed E-state index contributed by atoms with van der Waals surface area (Å²) < 4.78 is 6.80. The highest BCUT2D eigenvalue weighted by Gasteiger charge is 2.60. The number of amidine groups is 1. The molecule has 0 radical (unpaired) electrons. The molecule has 3 saturated heterocycles. The second-order valence-corrected chi connectivity index (χ2v) is 10.0. The van der Waals surface area contributed by atoms with Gasteiger partial charge >= 0.3 is 0 Å². The molecule has 1 spiro atoms. The zero-order chi connectivity index (χ0) is 24.0. The third-order valence-corrected chi connectivity index (χ3v) is 7.64. The lowest BCUT2D eigenvalue weighted by Gasteiger charge is -2.48. The van der Waals surface area contributed by atoms with Crippen LogP contribution in [-0.2, 0) is 9.53 Å². The minimum atomic E-state index is -0.946. The minimum Gasteiger partial charge on any atom is -0.351 e. The van der Waals surface area contributed by atoms with Crippen molar-refractivity contribution in [3.63, 3.8) is 0 Å². The van der Waals surface area contributed by atoms with Crippen LogP contribution < -0.4 is 4.90 Å². The molecule has 3 atom stereocenters. The molecule has 3 aliphatic rings. The Bertz CT molecular complexity index is 1250. The Morgan fingerprint density at radius 1 is 0.914 bits per heavy atom. The van der Waals surface area contributed by atoms with Gasteiger partial charge in [-0.05, 0) is 56.5 Å². The van der Waals surface area contributed by atoms with E-state index >= 15 is 0 Å². The van der Waals surface area contributed by atoms with Gasteiger partial charge in [0.05, 0.1) is 24.3 Å². The number of carbonyl (C=O) groups excluding carboxylic acids is 1. The predicted molar refractivity (Wildman–Crippen MR) is 139 cm³/mol. The van der Waals surface area contributed by atoms with Gasteiger partial charge in [-0.3, -0.25) is 9.69 Å². The van der Waals surface area contributed by atoms with Gasteiger partial charge in [-0.1, -0.05) is 65.7 Å². The highest BCUT2D eigenvalue weighted by Crippen LogP contribution is 2.48. The van der Waals surface area contributed by atoms with E-state index in [1.165, 1.54) is 5.56 Å². The Hall–Kier alpha value is -3.44. The largest absolute Gasteiger partial charge is 0.351 e. The van der Waals surface area contributed by atoms with Crippen molar-refractivity contribution in [1.29, 1.82) is 0 Å². The number of morpholine rings is 1. The maximum atomic E-state index is 14.2. The van der Waals surface area contributed by atoms with Crippen molar-refractivity contribution in [3.8, 4) is 0 Å². The fraction of sp³-hybridized carbons (Fsp3) is 0.333. The lowest BCUT2D eigenvalue weighted by atomic mass is 9.92. The molecule has 3 aromatic rings. The second kappa shape index (κ2) is 8.65. The van der Waals surface area contributed by atoms with Crippen LogP contribution in [-0.4, -0.2) is 41.6 Å². The normalized spacial score (nSPS) is 27.1. The highest BCUT2D eigenvalue weighted by molar-refractivity contribution is 6.11. The van der Waals surface area contributed by atoms with Crippen molar-refractivity contribution in [2.24, 2.45) is 4.99 Å². The van der Waals surface area contributed by atoms with Gasteiger partial charge in [0, 0.05) is 18.7 Å². The summed E-state index contributed by atoms with van der Waals surface area (Å²) in [4.78, 5) is 23.7. The Morgan fingerprint density at radius 2 is 1.60 bits per heavy atom. The summed E-state index contributed by atoms with van der Waals surface area (Å²) in [7, 11) is 0. The van der Waals surface area contributed by atoms with Crippen molar-refractivity contribution < 1.29 is 9.53 Å². The molecule has 3 heterocycles. The zero-order valence-electron chi connectivity index (χ0n) is 20.4. The van der Waals surface area contributed by atoms with Crippen molar-refractivity contribution in [2.45, 2.75) is 50.8 Å². The van der Waals surface area contributed by atoms with E-state index in [0.29, 0.717) is 19.1 Å². The van der Waals surface area contributed by atoms with Crippen LogP contribution in [0.5, 0.6) is 0 Å². The molecule has 0 N–H and O–H groups in total. The number of carbonyl (C=O) groups is 1. The number of anilines is 1. The van der Waals surface area contributed by atoms with Crippen LogP contribution in [0, 0.1) is 13.8 Å². The highest BCUT2D eigenvalue weighted by atomic mass is 16.5. The molecule has 3 fully saturated rings. The predicted octanol–water partition coefficient (Wildman–Crippen LogP) is 5.75. The van der Waals surface area contributed by atoms with Crippen molar-refractivity contribution in [1.82, 2.24) is 4.90 Å². The first kappa shape index (κ1) is 22.1. The van der Waals surface area contributed by atoms with Gasteiger partial charge in [-0.15, -0.1) is 0 Å². The molecule has 3 aromatic carbocycles. The molecule has 178 valence electrons. The molecule has 3 aliphatic heterocycles. The van der Waals surface area contributed by atoms with Gasteiger partial charge in [0.15, 0.2) is 5.84 Å². The molecular formula is C30H31N3O2. The average Bonchev–Trinajstić information content (AvgIpc) is 3.47. The number of rotatable bonds is 3. The number of benzene rings is 3. The fourth-order valence-electron chi connectivity index (χ4n) is 5.78.